The van der Waals surface area contributed by atoms with Crippen molar-refractivity contribution < 1.29 is 17.9 Å². The molecule has 1 fully saturated rings. The zero-order valence-electron chi connectivity index (χ0n) is 18.7. The van der Waals surface area contributed by atoms with Gasteiger partial charge in [0.2, 0.25) is 10.0 Å². The van der Waals surface area contributed by atoms with E-state index >= 15 is 0 Å². The minimum atomic E-state index is -3.48. The number of benzene rings is 2. The van der Waals surface area contributed by atoms with E-state index in [-0.39, 0.29) is 10.8 Å². The molecule has 1 saturated heterocycles. The number of anilines is 1. The van der Waals surface area contributed by atoms with Gasteiger partial charge in [0.15, 0.2) is 6.10 Å². The molecular formula is C25H32N2O4S. The maximum atomic E-state index is 12.8. The van der Waals surface area contributed by atoms with Crippen LogP contribution in [0.5, 0.6) is 5.75 Å². The average molecular weight is 457 g/mol. The maximum Gasteiger partial charge on any atom is 0.265 e. The quantitative estimate of drug-likeness (QED) is 0.664. The van der Waals surface area contributed by atoms with E-state index in [0.717, 1.165) is 37.9 Å². The Morgan fingerprint density at radius 3 is 2.34 bits per heavy atom. The molecule has 1 aliphatic heterocycles. The molecule has 4 rings (SSSR count). The van der Waals surface area contributed by atoms with E-state index in [9.17, 15) is 13.2 Å². The monoisotopic (exact) mass is 456 g/mol. The largest absolute Gasteiger partial charge is 0.481 e. The molecule has 1 N–H and O–H groups in total. The molecule has 1 unspecified atom stereocenters. The SMILES string of the molecule is CCC(Oc1ccc2c(c1)CCCC2)C(=O)Nc1ccc(S(=O)(=O)N2CCCCC2)cc1. The van der Waals surface area contributed by atoms with E-state index in [2.05, 4.69) is 17.4 Å². The molecule has 6 nitrogen and oxygen atoms in total. The number of sulfonamides is 1. The predicted octanol–water partition coefficient (Wildman–Crippen LogP) is 4.54. The Morgan fingerprint density at radius 1 is 0.969 bits per heavy atom. The summed E-state index contributed by atoms with van der Waals surface area (Å²) in [6, 6.07) is 12.5. The lowest BCUT2D eigenvalue weighted by Crippen LogP contribution is -2.35. The van der Waals surface area contributed by atoms with Crippen molar-refractivity contribution in [2.24, 2.45) is 0 Å². The lowest BCUT2D eigenvalue weighted by Gasteiger charge is -2.26. The molecule has 1 aliphatic carbocycles. The fourth-order valence-electron chi connectivity index (χ4n) is 4.46. The number of hydrogen-bond acceptors (Lipinski definition) is 4. The lowest BCUT2D eigenvalue weighted by molar-refractivity contribution is -0.122. The Morgan fingerprint density at radius 2 is 1.66 bits per heavy atom. The molecule has 0 spiro atoms. The number of carbonyl (C=O) groups excluding carboxylic acids is 1. The summed E-state index contributed by atoms with van der Waals surface area (Å²) in [5.41, 5.74) is 3.25. The summed E-state index contributed by atoms with van der Waals surface area (Å²) in [6.07, 6.45) is 7.37. The van der Waals surface area contributed by atoms with Crippen molar-refractivity contribution in [3.05, 3.63) is 53.6 Å². The molecule has 0 aromatic heterocycles. The van der Waals surface area contributed by atoms with Gasteiger partial charge in [-0.3, -0.25) is 4.79 Å². The summed E-state index contributed by atoms with van der Waals surface area (Å²) >= 11 is 0. The molecule has 2 aromatic carbocycles. The number of ether oxygens (including phenoxy) is 1. The Hall–Kier alpha value is -2.38. The van der Waals surface area contributed by atoms with Gasteiger partial charge in [-0.2, -0.15) is 4.31 Å². The first-order chi connectivity index (χ1) is 15.5. The number of carbonyl (C=O) groups is 1. The Kier molecular flexibility index (Phi) is 7.16. The van der Waals surface area contributed by atoms with Gasteiger partial charge in [0.05, 0.1) is 4.90 Å². The summed E-state index contributed by atoms with van der Waals surface area (Å²) in [6.45, 7) is 3.05. The summed E-state index contributed by atoms with van der Waals surface area (Å²) in [5.74, 6) is 0.479. The minimum absolute atomic E-state index is 0.239. The van der Waals surface area contributed by atoms with Gasteiger partial charge in [0.25, 0.3) is 5.91 Å². The number of rotatable bonds is 7. The number of hydrogen-bond donors (Lipinski definition) is 1. The second-order valence-electron chi connectivity index (χ2n) is 8.63. The van der Waals surface area contributed by atoms with Crippen molar-refractivity contribution in [1.29, 1.82) is 0 Å². The molecule has 0 radical (unpaired) electrons. The fourth-order valence-corrected chi connectivity index (χ4v) is 5.97. The van der Waals surface area contributed by atoms with E-state index in [4.69, 9.17) is 4.74 Å². The third-order valence-electron chi connectivity index (χ3n) is 6.34. The Balaban J connectivity index is 1.40. The standard InChI is InChI=1S/C25H32N2O4S/c1-2-24(31-22-13-10-19-8-4-5-9-20(19)18-22)25(28)26-21-11-14-23(15-12-21)32(29,30)27-16-6-3-7-17-27/h10-15,18,24H,2-9,16-17H2,1H3,(H,26,28). The van der Waals surface area contributed by atoms with Gasteiger partial charge in [0, 0.05) is 18.8 Å². The van der Waals surface area contributed by atoms with Crippen LogP contribution in [0.15, 0.2) is 47.4 Å². The molecule has 1 atom stereocenters. The third-order valence-corrected chi connectivity index (χ3v) is 8.25. The first-order valence-corrected chi connectivity index (χ1v) is 13.1. The van der Waals surface area contributed by atoms with Crippen molar-refractivity contribution in [1.82, 2.24) is 4.31 Å². The van der Waals surface area contributed by atoms with Crippen LogP contribution in [0.2, 0.25) is 0 Å². The number of piperidine rings is 1. The number of nitrogens with one attached hydrogen (secondary N) is 1. The molecule has 0 bridgehead atoms. The smallest absolute Gasteiger partial charge is 0.265 e. The maximum absolute atomic E-state index is 12.8. The highest BCUT2D eigenvalue weighted by Crippen LogP contribution is 2.27. The van der Waals surface area contributed by atoms with Crippen molar-refractivity contribution in [3.63, 3.8) is 0 Å². The fraction of sp³-hybridized carbons (Fsp3) is 0.480. The van der Waals surface area contributed by atoms with Crippen LogP contribution < -0.4 is 10.1 Å². The molecule has 2 aromatic rings. The second kappa shape index (κ2) is 10.0. The summed E-state index contributed by atoms with van der Waals surface area (Å²) < 4.78 is 33.2. The van der Waals surface area contributed by atoms with Crippen molar-refractivity contribution in [3.8, 4) is 5.75 Å². The highest BCUT2D eigenvalue weighted by atomic mass is 32.2. The predicted molar refractivity (Wildman–Crippen MR) is 125 cm³/mol. The van der Waals surface area contributed by atoms with Gasteiger partial charge >= 0.3 is 0 Å². The van der Waals surface area contributed by atoms with Crippen LogP contribution in [0.25, 0.3) is 0 Å². The highest BCUT2D eigenvalue weighted by molar-refractivity contribution is 7.89. The highest BCUT2D eigenvalue weighted by Gasteiger charge is 2.26. The molecule has 32 heavy (non-hydrogen) atoms. The molecule has 1 amide bonds. The molecular weight excluding hydrogens is 424 g/mol. The average Bonchev–Trinajstić information content (AvgIpc) is 2.83. The molecule has 1 heterocycles. The van der Waals surface area contributed by atoms with Gasteiger partial charge < -0.3 is 10.1 Å². The molecule has 0 saturated carbocycles. The van der Waals surface area contributed by atoms with Crippen LogP contribution >= 0.6 is 0 Å². The van der Waals surface area contributed by atoms with E-state index in [1.54, 1.807) is 28.6 Å². The van der Waals surface area contributed by atoms with Crippen LogP contribution in [-0.4, -0.2) is 37.8 Å². The van der Waals surface area contributed by atoms with Crippen LogP contribution in [0.4, 0.5) is 5.69 Å². The van der Waals surface area contributed by atoms with Gasteiger partial charge in [-0.1, -0.05) is 19.4 Å². The first-order valence-electron chi connectivity index (χ1n) is 11.7. The van der Waals surface area contributed by atoms with Crippen LogP contribution in [0.3, 0.4) is 0 Å². The Labute approximate surface area is 191 Å². The van der Waals surface area contributed by atoms with Crippen molar-refractivity contribution in [2.75, 3.05) is 18.4 Å². The normalized spacial score (nSPS) is 17.9. The minimum Gasteiger partial charge on any atom is -0.481 e. The van der Waals surface area contributed by atoms with Crippen molar-refractivity contribution >= 4 is 21.6 Å². The van der Waals surface area contributed by atoms with Crippen molar-refractivity contribution in [2.45, 2.75) is 69.3 Å². The van der Waals surface area contributed by atoms with E-state index in [0.29, 0.717) is 25.2 Å². The van der Waals surface area contributed by atoms with E-state index in [1.165, 1.54) is 24.0 Å². The van der Waals surface area contributed by atoms with Crippen LogP contribution in [-0.2, 0) is 27.7 Å². The van der Waals surface area contributed by atoms with Gasteiger partial charge in [0.1, 0.15) is 5.75 Å². The van der Waals surface area contributed by atoms with Crippen LogP contribution in [0, 0.1) is 0 Å². The number of fused-ring (bicyclic) bond motifs is 1. The zero-order valence-corrected chi connectivity index (χ0v) is 19.5. The second-order valence-corrected chi connectivity index (χ2v) is 10.6. The van der Waals surface area contributed by atoms with Gasteiger partial charge in [-0.25, -0.2) is 8.42 Å². The molecule has 2 aliphatic rings. The lowest BCUT2D eigenvalue weighted by atomic mass is 9.92. The number of nitrogens with zero attached hydrogens (tertiary/aromatic N) is 1. The molecule has 172 valence electrons. The number of amides is 1. The Bertz CT molecular complexity index is 1040. The summed E-state index contributed by atoms with van der Waals surface area (Å²) in [4.78, 5) is 13.1. The molecule has 7 heteroatoms. The summed E-state index contributed by atoms with van der Waals surface area (Å²) in [7, 11) is -3.48. The van der Waals surface area contributed by atoms with Gasteiger partial charge in [-0.05, 0) is 92.5 Å². The summed E-state index contributed by atoms with van der Waals surface area (Å²) in [5, 5.41) is 2.86. The number of aryl methyl sites for hydroxylation is 2. The van der Waals surface area contributed by atoms with Gasteiger partial charge in [-0.15, -0.1) is 0 Å². The van der Waals surface area contributed by atoms with E-state index in [1.807, 2.05) is 13.0 Å². The van der Waals surface area contributed by atoms with Crippen LogP contribution in [0.1, 0.15) is 56.6 Å². The topological polar surface area (TPSA) is 75.7 Å². The van der Waals surface area contributed by atoms with E-state index < -0.39 is 16.1 Å². The first kappa shape index (κ1) is 22.8. The third kappa shape index (κ3) is 5.15. The zero-order chi connectivity index (χ0) is 22.6.